The zero-order valence-corrected chi connectivity index (χ0v) is 12.0. The SMILES string of the molecule is COC(=O)c1cc(NC(=O)CCl)cc(NC(=O)CCl)c1. The number of hydrogen-bond acceptors (Lipinski definition) is 4. The molecule has 20 heavy (non-hydrogen) atoms. The third kappa shape index (κ3) is 4.71. The van der Waals surface area contributed by atoms with E-state index in [0.29, 0.717) is 11.4 Å². The Bertz CT molecular complexity index is 498. The number of ether oxygens (including phenoxy) is 1. The van der Waals surface area contributed by atoms with E-state index in [1.165, 1.54) is 25.3 Å². The second-order valence-electron chi connectivity index (χ2n) is 3.65. The first kappa shape index (κ1) is 16.3. The first-order chi connectivity index (χ1) is 9.49. The molecule has 0 aromatic heterocycles. The summed E-state index contributed by atoms with van der Waals surface area (Å²) in [5.74, 6) is -1.95. The zero-order chi connectivity index (χ0) is 15.1. The largest absolute Gasteiger partial charge is 0.465 e. The number of rotatable bonds is 5. The van der Waals surface area contributed by atoms with Crippen LogP contribution in [-0.2, 0) is 14.3 Å². The highest BCUT2D eigenvalue weighted by Crippen LogP contribution is 2.20. The quantitative estimate of drug-likeness (QED) is 0.640. The molecule has 1 aromatic carbocycles. The summed E-state index contributed by atoms with van der Waals surface area (Å²) in [4.78, 5) is 34.0. The van der Waals surface area contributed by atoms with Crippen molar-refractivity contribution in [2.45, 2.75) is 0 Å². The molecule has 0 saturated carbocycles. The molecule has 1 rings (SSSR count). The lowest BCUT2D eigenvalue weighted by atomic mass is 10.1. The molecule has 0 atom stereocenters. The Hall–Kier alpha value is -1.79. The number of methoxy groups -OCH3 is 1. The van der Waals surface area contributed by atoms with Gasteiger partial charge in [-0.1, -0.05) is 0 Å². The van der Waals surface area contributed by atoms with Crippen LogP contribution in [0.1, 0.15) is 10.4 Å². The number of alkyl halides is 2. The second kappa shape index (κ2) is 7.72. The van der Waals surface area contributed by atoms with Gasteiger partial charge in [-0.25, -0.2) is 4.79 Å². The number of carbonyl (C=O) groups excluding carboxylic acids is 3. The molecule has 0 fully saturated rings. The predicted molar refractivity (Wildman–Crippen MR) is 76.5 cm³/mol. The van der Waals surface area contributed by atoms with Gasteiger partial charge in [0.15, 0.2) is 0 Å². The maximum atomic E-state index is 11.5. The van der Waals surface area contributed by atoms with Crippen molar-refractivity contribution in [3.63, 3.8) is 0 Å². The monoisotopic (exact) mass is 318 g/mol. The molecule has 2 amide bonds. The molecule has 0 aliphatic heterocycles. The Balaban J connectivity index is 3.10. The van der Waals surface area contributed by atoms with Crippen molar-refractivity contribution in [1.82, 2.24) is 0 Å². The van der Waals surface area contributed by atoms with E-state index in [9.17, 15) is 14.4 Å². The predicted octanol–water partition coefficient (Wildman–Crippen LogP) is 1.83. The van der Waals surface area contributed by atoms with Crippen molar-refractivity contribution >= 4 is 52.4 Å². The molecule has 6 nitrogen and oxygen atoms in total. The summed E-state index contributed by atoms with van der Waals surface area (Å²) in [5.41, 5.74) is 0.789. The van der Waals surface area contributed by atoms with Crippen LogP contribution in [0.2, 0.25) is 0 Å². The number of esters is 1. The van der Waals surface area contributed by atoms with Gasteiger partial charge in [0.25, 0.3) is 0 Å². The third-order valence-electron chi connectivity index (χ3n) is 2.16. The zero-order valence-electron chi connectivity index (χ0n) is 10.5. The number of benzene rings is 1. The fraction of sp³-hybridized carbons (Fsp3) is 0.250. The van der Waals surface area contributed by atoms with Gasteiger partial charge < -0.3 is 15.4 Å². The minimum absolute atomic E-state index is 0.171. The van der Waals surface area contributed by atoms with Crippen molar-refractivity contribution in [2.24, 2.45) is 0 Å². The van der Waals surface area contributed by atoms with E-state index in [1.54, 1.807) is 0 Å². The van der Waals surface area contributed by atoms with Crippen LogP contribution < -0.4 is 10.6 Å². The van der Waals surface area contributed by atoms with E-state index in [2.05, 4.69) is 15.4 Å². The average Bonchev–Trinajstić information content (AvgIpc) is 2.45. The molecule has 0 heterocycles. The van der Waals surface area contributed by atoms with Gasteiger partial charge in [0, 0.05) is 11.4 Å². The Morgan fingerprint density at radius 1 is 1.00 bits per heavy atom. The molecule has 0 aliphatic rings. The normalized spacial score (nSPS) is 9.75. The Morgan fingerprint density at radius 2 is 1.45 bits per heavy atom. The first-order valence-electron chi connectivity index (χ1n) is 5.45. The summed E-state index contributed by atoms with van der Waals surface area (Å²) < 4.78 is 4.59. The van der Waals surface area contributed by atoms with Crippen molar-refractivity contribution in [1.29, 1.82) is 0 Å². The van der Waals surface area contributed by atoms with Crippen molar-refractivity contribution < 1.29 is 19.1 Å². The van der Waals surface area contributed by atoms with Crippen LogP contribution in [0.4, 0.5) is 11.4 Å². The van der Waals surface area contributed by atoms with Crippen LogP contribution in [-0.4, -0.2) is 36.7 Å². The third-order valence-corrected chi connectivity index (χ3v) is 2.65. The lowest BCUT2D eigenvalue weighted by molar-refractivity contribution is -0.114. The van der Waals surface area contributed by atoms with E-state index in [1.807, 2.05) is 0 Å². The van der Waals surface area contributed by atoms with Crippen LogP contribution >= 0.6 is 23.2 Å². The summed E-state index contributed by atoms with van der Waals surface area (Å²) in [6.45, 7) is 0. The molecule has 2 N–H and O–H groups in total. The Morgan fingerprint density at radius 3 is 1.80 bits per heavy atom. The summed E-state index contributed by atoms with van der Waals surface area (Å²) in [6, 6.07) is 4.29. The molecule has 0 bridgehead atoms. The van der Waals surface area contributed by atoms with Gasteiger partial charge in [-0.3, -0.25) is 9.59 Å². The molecule has 0 saturated heterocycles. The highest BCUT2D eigenvalue weighted by Gasteiger charge is 2.11. The standard InChI is InChI=1S/C12H12Cl2N2O4/c1-20-12(19)7-2-8(15-10(17)5-13)4-9(3-7)16-11(18)6-14/h2-4H,5-6H2,1H3,(H,15,17)(H,16,18). The topological polar surface area (TPSA) is 84.5 Å². The van der Waals surface area contributed by atoms with Gasteiger partial charge in [-0.2, -0.15) is 0 Å². The number of hydrogen-bond donors (Lipinski definition) is 2. The van der Waals surface area contributed by atoms with Gasteiger partial charge in [-0.15, -0.1) is 23.2 Å². The smallest absolute Gasteiger partial charge is 0.337 e. The fourth-order valence-electron chi connectivity index (χ4n) is 1.40. The van der Waals surface area contributed by atoms with Crippen molar-refractivity contribution in [3.05, 3.63) is 23.8 Å². The minimum atomic E-state index is -0.603. The molecule has 108 valence electrons. The summed E-state index contributed by atoms with van der Waals surface area (Å²) in [7, 11) is 1.23. The summed E-state index contributed by atoms with van der Waals surface area (Å²) in [6.07, 6.45) is 0. The lowest BCUT2D eigenvalue weighted by Crippen LogP contribution is -2.16. The Labute approximate surface area is 125 Å². The van der Waals surface area contributed by atoms with Crippen LogP contribution in [0, 0.1) is 0 Å². The first-order valence-corrected chi connectivity index (χ1v) is 6.52. The number of carbonyl (C=O) groups is 3. The molecule has 1 aromatic rings. The van der Waals surface area contributed by atoms with E-state index in [-0.39, 0.29) is 17.3 Å². The van der Waals surface area contributed by atoms with Gasteiger partial charge in [0.2, 0.25) is 11.8 Å². The lowest BCUT2D eigenvalue weighted by Gasteiger charge is -2.10. The van der Waals surface area contributed by atoms with Crippen LogP contribution in [0.15, 0.2) is 18.2 Å². The van der Waals surface area contributed by atoms with E-state index in [4.69, 9.17) is 23.2 Å². The van der Waals surface area contributed by atoms with Crippen LogP contribution in [0.5, 0.6) is 0 Å². The van der Waals surface area contributed by atoms with Crippen LogP contribution in [0.3, 0.4) is 0 Å². The molecule has 0 aliphatic carbocycles. The van der Waals surface area contributed by atoms with E-state index in [0.717, 1.165) is 0 Å². The van der Waals surface area contributed by atoms with Gasteiger partial charge in [-0.05, 0) is 18.2 Å². The molecular weight excluding hydrogens is 307 g/mol. The minimum Gasteiger partial charge on any atom is -0.465 e. The van der Waals surface area contributed by atoms with Crippen LogP contribution in [0.25, 0.3) is 0 Å². The maximum absolute atomic E-state index is 11.5. The van der Waals surface area contributed by atoms with Gasteiger partial charge in [0.1, 0.15) is 11.8 Å². The molecule has 0 radical (unpaired) electrons. The molecule has 0 spiro atoms. The number of anilines is 2. The van der Waals surface area contributed by atoms with E-state index >= 15 is 0 Å². The molecule has 0 unspecified atom stereocenters. The number of amides is 2. The number of nitrogens with one attached hydrogen (secondary N) is 2. The van der Waals surface area contributed by atoms with E-state index < -0.39 is 17.8 Å². The highest BCUT2D eigenvalue weighted by atomic mass is 35.5. The van der Waals surface area contributed by atoms with Crippen molar-refractivity contribution in [3.8, 4) is 0 Å². The van der Waals surface area contributed by atoms with Gasteiger partial charge >= 0.3 is 5.97 Å². The number of halogens is 2. The molecule has 8 heteroatoms. The Kier molecular flexibility index (Phi) is 6.27. The summed E-state index contributed by atoms with van der Waals surface area (Å²) >= 11 is 10.8. The maximum Gasteiger partial charge on any atom is 0.337 e. The second-order valence-corrected chi connectivity index (χ2v) is 4.19. The van der Waals surface area contributed by atoms with Crippen molar-refractivity contribution in [2.75, 3.05) is 29.5 Å². The summed E-state index contributed by atoms with van der Waals surface area (Å²) in [5, 5.41) is 4.96. The molecular formula is C12H12Cl2N2O4. The fourth-order valence-corrected chi connectivity index (χ4v) is 1.53. The average molecular weight is 319 g/mol. The highest BCUT2D eigenvalue weighted by molar-refractivity contribution is 6.29. The van der Waals surface area contributed by atoms with Gasteiger partial charge in [0.05, 0.1) is 12.7 Å².